The van der Waals surface area contributed by atoms with Gasteiger partial charge in [0.05, 0.1) is 45.4 Å². The average Bonchev–Trinajstić information content (AvgIpc) is 3.13. The number of allylic oxidation sites excluding steroid dienone is 4. The maximum atomic E-state index is 12.5. The quantitative estimate of drug-likeness (QED) is 0.0404. The predicted molar refractivity (Wildman–Crippen MR) is 206 cm³/mol. The Bertz CT molecular complexity index is 846. The number of hydrogen-bond acceptors (Lipinski definition) is 7. The first-order valence-electron chi connectivity index (χ1n) is 20.9. The van der Waals surface area contributed by atoms with Gasteiger partial charge in [-0.1, -0.05) is 141 Å². The van der Waals surface area contributed by atoms with Crippen LogP contribution in [0.5, 0.6) is 0 Å². The standard InChI is InChI=1S/C43H78O7/c1-4-7-10-13-15-16-17-18-19-20-21-22-23-24-26-29-40(45)47-35-39(34-44)36-48-41(46)30-31-42-49-37-43(38-50-42,32-27-12-9-6-3)33-28-25-14-11-8-5-2/h15-16,18-19,39,42,44H,4-14,17,20-38H2,1-3H3/b16-15-,19-18-. The van der Waals surface area contributed by atoms with Gasteiger partial charge >= 0.3 is 11.9 Å². The normalized spacial score (nSPS) is 18.6. The minimum atomic E-state index is -0.426. The van der Waals surface area contributed by atoms with E-state index < -0.39 is 5.92 Å². The molecule has 1 aliphatic heterocycles. The third-order valence-corrected chi connectivity index (χ3v) is 9.91. The summed E-state index contributed by atoms with van der Waals surface area (Å²) in [6, 6.07) is 0. The highest BCUT2D eigenvalue weighted by Gasteiger charge is 2.36. The van der Waals surface area contributed by atoms with Crippen molar-refractivity contribution in [2.75, 3.05) is 33.0 Å². The molecule has 292 valence electrons. The number of rotatable bonds is 34. The molecule has 0 amide bonds. The summed E-state index contributed by atoms with van der Waals surface area (Å²) in [5, 5.41) is 9.73. The Kier molecular flexibility index (Phi) is 30.7. The molecule has 0 bridgehead atoms. The molecule has 1 rings (SSSR count). The second-order valence-electron chi connectivity index (χ2n) is 14.8. The van der Waals surface area contributed by atoms with Crippen LogP contribution in [-0.2, 0) is 28.5 Å². The Morgan fingerprint density at radius 1 is 0.640 bits per heavy atom. The number of aliphatic hydroxyl groups excluding tert-OH is 1. The van der Waals surface area contributed by atoms with Crippen LogP contribution in [0.2, 0.25) is 0 Å². The molecule has 0 spiro atoms. The van der Waals surface area contributed by atoms with Gasteiger partial charge in [0.2, 0.25) is 0 Å². The van der Waals surface area contributed by atoms with Gasteiger partial charge in [-0.3, -0.25) is 9.59 Å². The van der Waals surface area contributed by atoms with Gasteiger partial charge in [0.25, 0.3) is 0 Å². The SMILES string of the molecule is CCCCC/C=C\C/C=C\CCCCCCCC(=O)OCC(CO)COC(=O)CCC1OCC(CCCCCC)(CCCCCCCC)CO1. The smallest absolute Gasteiger partial charge is 0.305 e. The van der Waals surface area contributed by atoms with Crippen molar-refractivity contribution in [3.8, 4) is 0 Å². The molecule has 7 heteroatoms. The van der Waals surface area contributed by atoms with Gasteiger partial charge in [-0.25, -0.2) is 0 Å². The molecule has 50 heavy (non-hydrogen) atoms. The first-order valence-corrected chi connectivity index (χ1v) is 20.9. The molecule has 1 saturated heterocycles. The number of aliphatic hydroxyl groups is 1. The molecule has 0 aromatic carbocycles. The van der Waals surface area contributed by atoms with Crippen molar-refractivity contribution in [3.05, 3.63) is 24.3 Å². The minimum Gasteiger partial charge on any atom is -0.465 e. The van der Waals surface area contributed by atoms with Crippen molar-refractivity contribution in [2.45, 2.75) is 194 Å². The van der Waals surface area contributed by atoms with Crippen molar-refractivity contribution in [1.29, 1.82) is 0 Å². The highest BCUT2D eigenvalue weighted by molar-refractivity contribution is 5.69. The molecular formula is C43H78O7. The van der Waals surface area contributed by atoms with E-state index >= 15 is 0 Å². The average molecular weight is 707 g/mol. The van der Waals surface area contributed by atoms with E-state index in [9.17, 15) is 14.7 Å². The van der Waals surface area contributed by atoms with E-state index in [1.54, 1.807) is 0 Å². The second-order valence-corrected chi connectivity index (χ2v) is 14.8. The Hall–Kier alpha value is -1.70. The van der Waals surface area contributed by atoms with Gasteiger partial charge in [-0.2, -0.15) is 0 Å². The van der Waals surface area contributed by atoms with Crippen molar-refractivity contribution in [3.63, 3.8) is 0 Å². The predicted octanol–water partition coefficient (Wildman–Crippen LogP) is 11.4. The lowest BCUT2D eigenvalue weighted by Gasteiger charge is -2.40. The molecule has 0 aromatic heterocycles. The van der Waals surface area contributed by atoms with Crippen LogP contribution in [0.1, 0.15) is 188 Å². The fraction of sp³-hybridized carbons (Fsp3) is 0.860. The molecule has 1 atom stereocenters. The first kappa shape index (κ1) is 46.3. The lowest BCUT2D eigenvalue weighted by atomic mass is 9.78. The van der Waals surface area contributed by atoms with Crippen LogP contribution in [0.3, 0.4) is 0 Å². The maximum Gasteiger partial charge on any atom is 0.305 e. The van der Waals surface area contributed by atoms with E-state index in [0.717, 1.165) is 44.9 Å². The summed E-state index contributed by atoms with van der Waals surface area (Å²) in [5.41, 5.74) is 0.0869. The molecule has 0 aromatic rings. The van der Waals surface area contributed by atoms with Crippen LogP contribution in [0, 0.1) is 11.3 Å². The number of carbonyl (C=O) groups is 2. The number of hydrogen-bond donors (Lipinski definition) is 1. The van der Waals surface area contributed by atoms with Gasteiger partial charge in [-0.15, -0.1) is 0 Å². The van der Waals surface area contributed by atoms with Gasteiger partial charge in [0.15, 0.2) is 6.29 Å². The van der Waals surface area contributed by atoms with Crippen molar-refractivity contribution in [2.24, 2.45) is 11.3 Å². The van der Waals surface area contributed by atoms with E-state index in [1.807, 2.05) is 0 Å². The van der Waals surface area contributed by atoms with E-state index in [1.165, 1.54) is 103 Å². The zero-order chi connectivity index (χ0) is 36.4. The third kappa shape index (κ3) is 26.1. The summed E-state index contributed by atoms with van der Waals surface area (Å²) in [6.07, 6.45) is 37.2. The summed E-state index contributed by atoms with van der Waals surface area (Å²) in [5.74, 6) is -1.04. The van der Waals surface area contributed by atoms with Crippen LogP contribution in [0.4, 0.5) is 0 Å². The van der Waals surface area contributed by atoms with Gasteiger partial charge < -0.3 is 24.1 Å². The molecule has 1 unspecified atom stereocenters. The van der Waals surface area contributed by atoms with Crippen LogP contribution in [0.15, 0.2) is 24.3 Å². The van der Waals surface area contributed by atoms with Crippen molar-refractivity contribution < 1.29 is 33.6 Å². The highest BCUT2D eigenvalue weighted by atomic mass is 16.7. The molecule has 0 aliphatic carbocycles. The van der Waals surface area contributed by atoms with Gasteiger partial charge in [-0.05, 0) is 51.4 Å². The molecule has 1 aliphatic rings. The third-order valence-electron chi connectivity index (χ3n) is 9.91. The minimum absolute atomic E-state index is 0.0256. The Labute approximate surface area is 307 Å². The number of carbonyl (C=O) groups excluding carboxylic acids is 2. The van der Waals surface area contributed by atoms with E-state index in [-0.39, 0.29) is 49.9 Å². The Balaban J connectivity index is 2.16. The van der Waals surface area contributed by atoms with Gasteiger partial charge in [0.1, 0.15) is 0 Å². The number of unbranched alkanes of at least 4 members (excludes halogenated alkanes) is 16. The molecule has 1 fully saturated rings. The van der Waals surface area contributed by atoms with Crippen LogP contribution >= 0.6 is 0 Å². The molecule has 0 radical (unpaired) electrons. The van der Waals surface area contributed by atoms with Crippen LogP contribution in [-0.4, -0.2) is 56.4 Å². The van der Waals surface area contributed by atoms with Crippen LogP contribution in [0.25, 0.3) is 0 Å². The summed E-state index contributed by atoms with van der Waals surface area (Å²) in [4.78, 5) is 24.7. The monoisotopic (exact) mass is 707 g/mol. The maximum absolute atomic E-state index is 12.5. The topological polar surface area (TPSA) is 91.3 Å². The van der Waals surface area contributed by atoms with Crippen LogP contribution < -0.4 is 0 Å². The Morgan fingerprint density at radius 3 is 1.68 bits per heavy atom. The largest absolute Gasteiger partial charge is 0.465 e. The van der Waals surface area contributed by atoms with Crippen molar-refractivity contribution >= 4 is 11.9 Å². The summed E-state index contributed by atoms with van der Waals surface area (Å²) in [6.45, 7) is 7.99. The lowest BCUT2D eigenvalue weighted by Crippen LogP contribution is -2.42. The molecule has 1 heterocycles. The van der Waals surface area contributed by atoms with E-state index in [0.29, 0.717) is 26.1 Å². The fourth-order valence-corrected chi connectivity index (χ4v) is 6.45. The first-order chi connectivity index (χ1) is 24.5. The van der Waals surface area contributed by atoms with Gasteiger partial charge in [0, 0.05) is 18.3 Å². The van der Waals surface area contributed by atoms with E-state index in [2.05, 4.69) is 45.1 Å². The van der Waals surface area contributed by atoms with E-state index in [4.69, 9.17) is 18.9 Å². The summed E-state index contributed by atoms with van der Waals surface area (Å²) >= 11 is 0. The highest BCUT2D eigenvalue weighted by Crippen LogP contribution is 2.37. The number of ether oxygens (including phenoxy) is 4. The molecule has 7 nitrogen and oxygen atoms in total. The zero-order valence-electron chi connectivity index (χ0n) is 32.8. The fourth-order valence-electron chi connectivity index (χ4n) is 6.45. The van der Waals surface area contributed by atoms with Crippen molar-refractivity contribution in [1.82, 2.24) is 0 Å². The zero-order valence-corrected chi connectivity index (χ0v) is 32.8. The molecule has 1 N–H and O–H groups in total. The Morgan fingerprint density at radius 2 is 1.10 bits per heavy atom. The summed E-state index contributed by atoms with van der Waals surface area (Å²) < 4.78 is 23.1. The second kappa shape index (κ2) is 33.2. The summed E-state index contributed by atoms with van der Waals surface area (Å²) in [7, 11) is 0. The number of esters is 2. The molecule has 0 saturated carbocycles. The lowest BCUT2D eigenvalue weighted by molar-refractivity contribution is -0.236. The molecular weight excluding hydrogens is 628 g/mol.